The van der Waals surface area contributed by atoms with Crippen molar-refractivity contribution in [2.24, 2.45) is 15.7 Å². The number of rotatable bonds is 0. The molecule has 0 unspecified atom stereocenters. The Morgan fingerprint density at radius 3 is 2.53 bits per heavy atom. The number of nitrogens with two attached hydrogens (primary N) is 1. The lowest BCUT2D eigenvalue weighted by Crippen LogP contribution is -2.50. The fourth-order valence-electron chi connectivity index (χ4n) is 1.70. The molecule has 0 aromatic heterocycles. The molecule has 0 atom stereocenters. The number of aliphatic imine (C=N–C) groups is 2. The third-order valence-electron chi connectivity index (χ3n) is 3.23. The summed E-state index contributed by atoms with van der Waals surface area (Å²) >= 11 is 0. The molecule has 0 saturated heterocycles. The number of carbonyl (C=O) groups is 1. The van der Waals surface area contributed by atoms with Crippen molar-refractivity contribution in [2.45, 2.75) is 26.3 Å². The minimum atomic E-state index is -0.343. The first-order valence-electron chi connectivity index (χ1n) is 4.78. The first-order valence-corrected chi connectivity index (χ1v) is 4.78. The molecule has 2 aliphatic heterocycles. The Balaban J connectivity index is 2.61. The van der Waals surface area contributed by atoms with E-state index in [0.29, 0.717) is 11.4 Å². The summed E-state index contributed by atoms with van der Waals surface area (Å²) in [7, 11) is 1.90. The number of hydrogen-bond acceptors (Lipinski definition) is 4. The summed E-state index contributed by atoms with van der Waals surface area (Å²) in [6.45, 7) is 5.97. The van der Waals surface area contributed by atoms with Gasteiger partial charge < -0.3 is 10.6 Å². The zero-order valence-corrected chi connectivity index (χ0v) is 9.33. The van der Waals surface area contributed by atoms with Gasteiger partial charge in [-0.15, -0.1) is 0 Å². The second kappa shape index (κ2) is 2.68. The molecular weight excluding hydrogens is 192 g/mol. The average Bonchev–Trinajstić information content (AvgIpc) is 2.39. The number of likely N-dealkylation sites (N-methyl/N-ethyl adjacent to an activating group) is 1. The SMILES string of the molecule is CC1=NC2=C(C(N)=NC2=O)N(C)C1(C)C. The standard InChI is InChI=1S/C10H14N4O/c1-5-10(2,3)14(4)7-6(12-5)9(15)13-8(7)11/h1-4H3,(H2,11,13,15). The summed E-state index contributed by atoms with van der Waals surface area (Å²) in [6.07, 6.45) is 0. The number of nitrogens with zero attached hydrogens (tertiary/aromatic N) is 3. The summed E-state index contributed by atoms with van der Waals surface area (Å²) in [4.78, 5) is 21.4. The third-order valence-corrected chi connectivity index (χ3v) is 3.23. The van der Waals surface area contributed by atoms with Gasteiger partial charge in [0.05, 0.1) is 5.54 Å². The van der Waals surface area contributed by atoms with Crippen LogP contribution >= 0.6 is 0 Å². The van der Waals surface area contributed by atoms with E-state index in [1.54, 1.807) is 0 Å². The molecule has 5 nitrogen and oxygen atoms in total. The molecule has 0 saturated carbocycles. The predicted molar refractivity (Wildman–Crippen MR) is 58.6 cm³/mol. The lowest BCUT2D eigenvalue weighted by molar-refractivity contribution is -0.114. The van der Waals surface area contributed by atoms with E-state index in [1.807, 2.05) is 32.7 Å². The Labute approximate surface area is 88.4 Å². The van der Waals surface area contributed by atoms with Crippen molar-refractivity contribution in [1.29, 1.82) is 0 Å². The van der Waals surface area contributed by atoms with E-state index in [9.17, 15) is 4.79 Å². The minimum Gasteiger partial charge on any atom is -0.382 e. The zero-order valence-electron chi connectivity index (χ0n) is 9.33. The van der Waals surface area contributed by atoms with Crippen molar-refractivity contribution >= 4 is 17.5 Å². The van der Waals surface area contributed by atoms with Crippen molar-refractivity contribution < 1.29 is 4.79 Å². The molecule has 0 bridgehead atoms. The van der Waals surface area contributed by atoms with Crippen LogP contribution in [0.4, 0.5) is 0 Å². The van der Waals surface area contributed by atoms with Gasteiger partial charge in [0.25, 0.3) is 5.91 Å². The second-order valence-corrected chi connectivity index (χ2v) is 4.31. The molecule has 5 heteroatoms. The van der Waals surface area contributed by atoms with Crippen molar-refractivity contribution in [1.82, 2.24) is 4.90 Å². The molecule has 80 valence electrons. The summed E-state index contributed by atoms with van der Waals surface area (Å²) in [5.74, 6) is -0.0778. The second-order valence-electron chi connectivity index (χ2n) is 4.31. The molecule has 15 heavy (non-hydrogen) atoms. The molecule has 0 aromatic rings. The summed E-state index contributed by atoms with van der Waals surface area (Å²) in [5.41, 5.74) is 7.37. The number of carbonyl (C=O) groups excluding carboxylic acids is 1. The summed E-state index contributed by atoms with van der Waals surface area (Å²) in [6, 6.07) is 0. The van der Waals surface area contributed by atoms with Gasteiger partial charge in [0.2, 0.25) is 0 Å². The van der Waals surface area contributed by atoms with Crippen LogP contribution < -0.4 is 5.73 Å². The molecule has 2 heterocycles. The van der Waals surface area contributed by atoms with Crippen LogP contribution in [0.3, 0.4) is 0 Å². The van der Waals surface area contributed by atoms with Gasteiger partial charge in [-0.3, -0.25) is 4.79 Å². The average molecular weight is 206 g/mol. The third kappa shape index (κ3) is 1.12. The van der Waals surface area contributed by atoms with E-state index < -0.39 is 0 Å². The lowest BCUT2D eigenvalue weighted by atomic mass is 9.94. The van der Waals surface area contributed by atoms with Gasteiger partial charge in [-0.25, -0.2) is 4.99 Å². The molecular formula is C10H14N4O. The highest BCUT2D eigenvalue weighted by atomic mass is 16.1. The highest BCUT2D eigenvalue weighted by molar-refractivity contribution is 6.19. The number of hydrogen-bond donors (Lipinski definition) is 1. The molecule has 0 radical (unpaired) electrons. The molecule has 2 N–H and O–H groups in total. The fourth-order valence-corrected chi connectivity index (χ4v) is 1.70. The number of amides is 1. The Hall–Kier alpha value is -1.65. The van der Waals surface area contributed by atoms with E-state index in [0.717, 1.165) is 5.71 Å². The van der Waals surface area contributed by atoms with Crippen LogP contribution in [0.25, 0.3) is 0 Å². The molecule has 0 fully saturated rings. The highest BCUT2D eigenvalue weighted by Gasteiger charge is 2.40. The molecule has 2 rings (SSSR count). The Kier molecular flexibility index (Phi) is 1.77. The van der Waals surface area contributed by atoms with E-state index in [2.05, 4.69) is 9.98 Å². The zero-order chi connectivity index (χ0) is 11.4. The van der Waals surface area contributed by atoms with Crippen LogP contribution in [0, 0.1) is 0 Å². The van der Waals surface area contributed by atoms with Crippen LogP contribution in [0.2, 0.25) is 0 Å². The van der Waals surface area contributed by atoms with Gasteiger partial charge in [0.15, 0.2) is 11.5 Å². The van der Waals surface area contributed by atoms with Crippen molar-refractivity contribution in [3.63, 3.8) is 0 Å². The maximum Gasteiger partial charge on any atom is 0.299 e. The van der Waals surface area contributed by atoms with Crippen molar-refractivity contribution in [3.05, 3.63) is 11.4 Å². The smallest absolute Gasteiger partial charge is 0.299 e. The van der Waals surface area contributed by atoms with Crippen LogP contribution in [-0.2, 0) is 4.79 Å². The van der Waals surface area contributed by atoms with Gasteiger partial charge in [-0.1, -0.05) is 0 Å². The topological polar surface area (TPSA) is 71.0 Å². The van der Waals surface area contributed by atoms with Gasteiger partial charge in [-0.2, -0.15) is 4.99 Å². The normalized spacial score (nSPS) is 24.0. The number of amidine groups is 1. The Morgan fingerprint density at radius 2 is 1.93 bits per heavy atom. The van der Waals surface area contributed by atoms with Crippen LogP contribution in [0.5, 0.6) is 0 Å². The lowest BCUT2D eigenvalue weighted by Gasteiger charge is -2.40. The Bertz CT molecular complexity index is 442. The fraction of sp³-hybridized carbons (Fsp3) is 0.500. The quantitative estimate of drug-likeness (QED) is 0.618. The van der Waals surface area contributed by atoms with Crippen LogP contribution in [0.1, 0.15) is 20.8 Å². The van der Waals surface area contributed by atoms with Gasteiger partial charge in [-0.05, 0) is 20.8 Å². The summed E-state index contributed by atoms with van der Waals surface area (Å²) < 4.78 is 0. The maximum atomic E-state index is 11.5. The largest absolute Gasteiger partial charge is 0.382 e. The summed E-state index contributed by atoms with van der Waals surface area (Å²) in [5, 5.41) is 0. The van der Waals surface area contributed by atoms with Crippen LogP contribution in [0.15, 0.2) is 21.4 Å². The highest BCUT2D eigenvalue weighted by Crippen LogP contribution is 2.31. The Morgan fingerprint density at radius 1 is 1.33 bits per heavy atom. The van der Waals surface area contributed by atoms with Crippen molar-refractivity contribution in [2.75, 3.05) is 7.05 Å². The van der Waals surface area contributed by atoms with E-state index in [-0.39, 0.29) is 17.3 Å². The van der Waals surface area contributed by atoms with Crippen LogP contribution in [-0.4, -0.2) is 34.9 Å². The maximum absolute atomic E-state index is 11.5. The first-order chi connectivity index (χ1) is 6.85. The molecule has 1 amide bonds. The van der Waals surface area contributed by atoms with Gasteiger partial charge in [0, 0.05) is 12.8 Å². The molecule has 0 spiro atoms. The molecule has 0 aliphatic carbocycles. The predicted octanol–water partition coefficient (Wildman–Crippen LogP) is 0.280. The molecule has 0 aromatic carbocycles. The van der Waals surface area contributed by atoms with Crippen molar-refractivity contribution in [3.8, 4) is 0 Å². The van der Waals surface area contributed by atoms with E-state index >= 15 is 0 Å². The first kappa shape index (κ1) is 9.89. The van der Waals surface area contributed by atoms with Gasteiger partial charge >= 0.3 is 0 Å². The minimum absolute atomic E-state index is 0.233. The van der Waals surface area contributed by atoms with E-state index in [1.165, 1.54) is 0 Å². The van der Waals surface area contributed by atoms with Gasteiger partial charge in [0.1, 0.15) is 5.70 Å². The monoisotopic (exact) mass is 206 g/mol. The molecule has 2 aliphatic rings. The van der Waals surface area contributed by atoms with E-state index in [4.69, 9.17) is 5.73 Å².